The fourth-order valence-electron chi connectivity index (χ4n) is 2.26. The third kappa shape index (κ3) is 4.96. The highest BCUT2D eigenvalue weighted by atomic mass is 35.5. The van der Waals surface area contributed by atoms with Gasteiger partial charge in [-0.2, -0.15) is 4.99 Å². The van der Waals surface area contributed by atoms with E-state index in [2.05, 4.69) is 10.3 Å². The van der Waals surface area contributed by atoms with E-state index >= 15 is 0 Å². The van der Waals surface area contributed by atoms with Gasteiger partial charge < -0.3 is 10.1 Å². The number of benzene rings is 2. The average molecular weight is 405 g/mol. The molecule has 0 aromatic heterocycles. The molecule has 0 spiro atoms. The molecule has 1 N–H and O–H groups in total. The predicted molar refractivity (Wildman–Crippen MR) is 104 cm³/mol. The molecule has 0 unspecified atom stereocenters. The van der Waals surface area contributed by atoms with Crippen molar-refractivity contribution in [3.63, 3.8) is 0 Å². The number of carbonyl (C=O) groups is 2. The molecule has 0 fully saturated rings. The second-order valence-corrected chi connectivity index (χ2v) is 7.02. The zero-order chi connectivity index (χ0) is 19.4. The lowest BCUT2D eigenvalue weighted by molar-refractivity contribution is -0.117. The highest BCUT2D eigenvalue weighted by Gasteiger charge is 2.22. The van der Waals surface area contributed by atoms with Crippen LogP contribution >= 0.6 is 23.4 Å². The Morgan fingerprint density at radius 2 is 2.11 bits per heavy atom. The van der Waals surface area contributed by atoms with Crippen molar-refractivity contribution in [2.45, 2.75) is 13.5 Å². The third-order valence-corrected chi connectivity index (χ3v) is 4.69. The Morgan fingerprint density at radius 1 is 1.33 bits per heavy atom. The molecule has 0 bridgehead atoms. The van der Waals surface area contributed by atoms with Crippen LogP contribution in [0, 0.1) is 5.82 Å². The van der Waals surface area contributed by atoms with E-state index in [9.17, 15) is 14.0 Å². The molecule has 1 heterocycles. The summed E-state index contributed by atoms with van der Waals surface area (Å²) in [6.45, 7) is 1.39. The number of carbonyl (C=O) groups excluding carboxylic acids is 2. The van der Waals surface area contributed by atoms with Gasteiger partial charge in [-0.25, -0.2) is 4.39 Å². The zero-order valence-electron chi connectivity index (χ0n) is 14.2. The molecule has 1 aliphatic heterocycles. The number of hydrogen-bond donors (Lipinski definition) is 1. The molecule has 0 atom stereocenters. The SMILES string of the molecule is CC(=O)NC1=NC(=O)/C(=C\c2ccc(OCc3ccccc3F)c(Cl)c2)S1. The van der Waals surface area contributed by atoms with Gasteiger partial charge in [-0.1, -0.05) is 35.9 Å². The number of thioether (sulfide) groups is 1. The van der Waals surface area contributed by atoms with Crippen molar-refractivity contribution in [3.05, 3.63) is 69.3 Å². The number of rotatable bonds is 4. The van der Waals surface area contributed by atoms with E-state index in [1.54, 1.807) is 42.5 Å². The van der Waals surface area contributed by atoms with Crippen molar-refractivity contribution in [1.82, 2.24) is 5.32 Å². The van der Waals surface area contributed by atoms with Gasteiger partial charge in [0.1, 0.15) is 18.2 Å². The van der Waals surface area contributed by atoms with Gasteiger partial charge in [-0.3, -0.25) is 9.59 Å². The van der Waals surface area contributed by atoms with Crippen molar-refractivity contribution >= 4 is 46.4 Å². The van der Waals surface area contributed by atoms with Crippen LogP contribution < -0.4 is 10.1 Å². The summed E-state index contributed by atoms with van der Waals surface area (Å²) in [6, 6.07) is 11.3. The van der Waals surface area contributed by atoms with Crippen LogP contribution in [-0.2, 0) is 16.2 Å². The number of nitrogens with one attached hydrogen (secondary N) is 1. The van der Waals surface area contributed by atoms with Crippen LogP contribution in [0.3, 0.4) is 0 Å². The van der Waals surface area contributed by atoms with Crippen LogP contribution in [0.1, 0.15) is 18.1 Å². The smallest absolute Gasteiger partial charge is 0.286 e. The summed E-state index contributed by atoms with van der Waals surface area (Å²) in [7, 11) is 0. The third-order valence-electron chi connectivity index (χ3n) is 3.50. The summed E-state index contributed by atoms with van der Waals surface area (Å²) in [5.74, 6) is -0.668. The number of amides is 2. The molecule has 5 nitrogen and oxygen atoms in total. The van der Waals surface area contributed by atoms with E-state index in [1.165, 1.54) is 13.0 Å². The minimum Gasteiger partial charge on any atom is -0.487 e. The molecule has 2 aromatic rings. The van der Waals surface area contributed by atoms with E-state index in [0.29, 0.717) is 26.8 Å². The monoisotopic (exact) mass is 404 g/mol. The molecule has 138 valence electrons. The Bertz CT molecular complexity index is 975. The molecule has 2 amide bonds. The lowest BCUT2D eigenvalue weighted by atomic mass is 10.2. The van der Waals surface area contributed by atoms with Gasteiger partial charge in [0.15, 0.2) is 5.17 Å². The van der Waals surface area contributed by atoms with Crippen molar-refractivity contribution in [1.29, 1.82) is 0 Å². The fraction of sp³-hybridized carbons (Fsp3) is 0.105. The molecule has 3 rings (SSSR count). The lowest BCUT2D eigenvalue weighted by Gasteiger charge is -2.09. The maximum atomic E-state index is 13.6. The quantitative estimate of drug-likeness (QED) is 0.777. The number of aliphatic imine (C=N–C) groups is 1. The number of ether oxygens (including phenoxy) is 1. The van der Waals surface area contributed by atoms with Gasteiger partial charge in [0, 0.05) is 12.5 Å². The van der Waals surface area contributed by atoms with Gasteiger partial charge in [0.2, 0.25) is 5.91 Å². The minimum absolute atomic E-state index is 0.0507. The van der Waals surface area contributed by atoms with E-state index in [4.69, 9.17) is 16.3 Å². The molecule has 0 saturated carbocycles. The standard InChI is InChI=1S/C19H14ClFN2O3S/c1-11(24)22-19-23-18(25)17(27-19)9-12-6-7-16(14(20)8-12)26-10-13-4-2-3-5-15(13)21/h2-9H,10H2,1H3,(H,22,23,24,25)/b17-9+. The van der Waals surface area contributed by atoms with E-state index in [0.717, 1.165) is 11.8 Å². The normalized spacial score (nSPS) is 15.0. The topological polar surface area (TPSA) is 67.8 Å². The summed E-state index contributed by atoms with van der Waals surface area (Å²) >= 11 is 7.30. The lowest BCUT2D eigenvalue weighted by Crippen LogP contribution is -2.23. The highest BCUT2D eigenvalue weighted by Crippen LogP contribution is 2.31. The molecule has 0 aliphatic carbocycles. The number of nitrogens with zero attached hydrogens (tertiary/aromatic N) is 1. The molecule has 27 heavy (non-hydrogen) atoms. The maximum absolute atomic E-state index is 13.6. The van der Waals surface area contributed by atoms with Gasteiger partial charge >= 0.3 is 0 Å². The molecule has 2 aromatic carbocycles. The summed E-state index contributed by atoms with van der Waals surface area (Å²) in [6.07, 6.45) is 1.62. The first kappa shape index (κ1) is 19.1. The molecular weight excluding hydrogens is 391 g/mol. The first-order valence-corrected chi connectivity index (χ1v) is 9.08. The summed E-state index contributed by atoms with van der Waals surface area (Å²) in [5, 5.41) is 3.06. The summed E-state index contributed by atoms with van der Waals surface area (Å²) < 4.78 is 19.2. The molecule has 0 radical (unpaired) electrons. The van der Waals surface area contributed by atoms with Crippen molar-refractivity contribution in [2.75, 3.05) is 0 Å². The number of halogens is 2. The van der Waals surface area contributed by atoms with Crippen LogP contribution in [0.25, 0.3) is 6.08 Å². The number of amidine groups is 1. The number of hydrogen-bond acceptors (Lipinski definition) is 4. The Labute approximate surface area is 164 Å². The Morgan fingerprint density at radius 3 is 2.81 bits per heavy atom. The van der Waals surface area contributed by atoms with Gasteiger partial charge in [0.05, 0.1) is 9.93 Å². The summed E-state index contributed by atoms with van der Waals surface area (Å²) in [5.41, 5.74) is 1.10. The Hall–Kier alpha value is -2.64. The van der Waals surface area contributed by atoms with Gasteiger partial charge in [-0.05, 0) is 41.6 Å². The maximum Gasteiger partial charge on any atom is 0.286 e. The molecule has 8 heteroatoms. The Kier molecular flexibility index (Phi) is 5.93. The molecular formula is C19H14ClFN2O3S. The second-order valence-electron chi connectivity index (χ2n) is 5.58. The fourth-order valence-corrected chi connectivity index (χ4v) is 3.36. The first-order chi connectivity index (χ1) is 12.9. The second kappa shape index (κ2) is 8.37. The van der Waals surface area contributed by atoms with Gasteiger partial charge in [0.25, 0.3) is 5.91 Å². The summed E-state index contributed by atoms with van der Waals surface area (Å²) in [4.78, 5) is 27.1. The molecule has 1 aliphatic rings. The zero-order valence-corrected chi connectivity index (χ0v) is 15.7. The predicted octanol–water partition coefficient (Wildman–Crippen LogP) is 4.16. The first-order valence-electron chi connectivity index (χ1n) is 7.88. The van der Waals surface area contributed by atoms with E-state index < -0.39 is 5.91 Å². The van der Waals surface area contributed by atoms with Crippen molar-refractivity contribution in [3.8, 4) is 5.75 Å². The van der Waals surface area contributed by atoms with Crippen molar-refractivity contribution in [2.24, 2.45) is 4.99 Å². The van der Waals surface area contributed by atoms with Crippen molar-refractivity contribution < 1.29 is 18.7 Å². The largest absolute Gasteiger partial charge is 0.487 e. The average Bonchev–Trinajstić information content (AvgIpc) is 2.94. The van der Waals surface area contributed by atoms with E-state index in [-0.39, 0.29) is 23.5 Å². The molecule has 0 saturated heterocycles. The Balaban J connectivity index is 1.69. The van der Waals surface area contributed by atoms with Crippen LogP contribution in [0.15, 0.2) is 52.4 Å². The van der Waals surface area contributed by atoms with Crippen LogP contribution in [-0.4, -0.2) is 17.0 Å². The van der Waals surface area contributed by atoms with E-state index in [1.807, 2.05) is 0 Å². The highest BCUT2D eigenvalue weighted by molar-refractivity contribution is 8.18. The van der Waals surface area contributed by atoms with Crippen LogP contribution in [0.5, 0.6) is 5.75 Å². The van der Waals surface area contributed by atoms with Crippen LogP contribution in [0.4, 0.5) is 4.39 Å². The minimum atomic E-state index is -0.431. The van der Waals surface area contributed by atoms with Crippen LogP contribution in [0.2, 0.25) is 5.02 Å². The van der Waals surface area contributed by atoms with Gasteiger partial charge in [-0.15, -0.1) is 0 Å².